The van der Waals surface area contributed by atoms with E-state index in [1.807, 2.05) is 23.1 Å². The minimum absolute atomic E-state index is 0.362. The predicted octanol–water partition coefficient (Wildman–Crippen LogP) is 7.24. The van der Waals surface area contributed by atoms with Gasteiger partial charge in [0, 0.05) is 41.8 Å². The van der Waals surface area contributed by atoms with Gasteiger partial charge in [-0.3, -0.25) is 0 Å². The number of rotatable bonds is 5. The summed E-state index contributed by atoms with van der Waals surface area (Å²) in [5.74, 6) is 1.13. The zero-order valence-electron chi connectivity index (χ0n) is 15.4. The van der Waals surface area contributed by atoms with E-state index in [-0.39, 0.29) is 0 Å². The number of hydrogen-bond donors (Lipinski definition) is 0. The fourth-order valence-electron chi connectivity index (χ4n) is 3.79. The van der Waals surface area contributed by atoms with Crippen LogP contribution in [0.3, 0.4) is 0 Å². The molecule has 5 rings (SSSR count). The summed E-state index contributed by atoms with van der Waals surface area (Å²) in [6, 6.07) is 24.3. The maximum Gasteiger partial charge on any atom is 0.0552 e. The summed E-state index contributed by atoms with van der Waals surface area (Å²) in [6.07, 6.45) is 1.19. The fourth-order valence-corrected chi connectivity index (χ4v) is 6.36. The van der Waals surface area contributed by atoms with E-state index < -0.39 is 0 Å². The van der Waals surface area contributed by atoms with Crippen LogP contribution in [-0.4, -0.2) is 19.0 Å². The molecule has 0 unspecified atom stereocenters. The fraction of sp³-hybridized carbons (Fsp3) is 0.250. The van der Waals surface area contributed by atoms with E-state index in [0.717, 1.165) is 19.0 Å². The molecule has 3 heteroatoms. The first-order chi connectivity index (χ1) is 13.3. The van der Waals surface area contributed by atoms with Gasteiger partial charge in [-0.15, -0.1) is 23.1 Å². The Hall–Kier alpha value is -1.81. The molecule has 1 fully saturated rings. The number of benzene rings is 3. The Morgan fingerprint density at radius 2 is 1.63 bits per heavy atom. The van der Waals surface area contributed by atoms with Crippen molar-refractivity contribution in [3.8, 4) is 11.1 Å². The van der Waals surface area contributed by atoms with E-state index in [9.17, 15) is 0 Å². The molecular weight excluding hydrogens is 368 g/mol. The molecule has 1 aromatic heterocycles. The summed E-state index contributed by atoms with van der Waals surface area (Å²) in [5, 5.41) is 2.73. The van der Waals surface area contributed by atoms with Gasteiger partial charge in [-0.25, -0.2) is 0 Å². The maximum absolute atomic E-state index is 5.51. The lowest BCUT2D eigenvalue weighted by Gasteiger charge is -2.40. The van der Waals surface area contributed by atoms with Crippen LogP contribution < -0.4 is 0 Å². The summed E-state index contributed by atoms with van der Waals surface area (Å²) in [4.78, 5) is 1.38. The minimum atomic E-state index is 0.362. The third-order valence-corrected chi connectivity index (χ3v) is 8.33. The highest BCUT2D eigenvalue weighted by Gasteiger charge is 2.36. The molecule has 27 heavy (non-hydrogen) atoms. The summed E-state index contributed by atoms with van der Waals surface area (Å²) in [5.41, 5.74) is 3.07. The highest BCUT2D eigenvalue weighted by atomic mass is 32.2. The normalized spacial score (nSPS) is 15.9. The lowest BCUT2D eigenvalue weighted by molar-refractivity contribution is -0.0994. The van der Waals surface area contributed by atoms with E-state index >= 15 is 0 Å². The van der Waals surface area contributed by atoms with Crippen molar-refractivity contribution in [2.24, 2.45) is 5.41 Å². The summed E-state index contributed by atoms with van der Waals surface area (Å²) >= 11 is 3.90. The van der Waals surface area contributed by atoms with E-state index in [0.29, 0.717) is 5.41 Å². The Labute approximate surface area is 168 Å². The van der Waals surface area contributed by atoms with Crippen LogP contribution in [0.1, 0.15) is 13.3 Å². The molecule has 136 valence electrons. The average molecular weight is 391 g/mol. The first-order valence-corrected chi connectivity index (χ1v) is 11.3. The Morgan fingerprint density at radius 3 is 2.44 bits per heavy atom. The van der Waals surface area contributed by atoms with Crippen LogP contribution in [0.25, 0.3) is 31.3 Å². The molecule has 0 atom stereocenters. The molecule has 4 aromatic rings. The van der Waals surface area contributed by atoms with Gasteiger partial charge < -0.3 is 4.74 Å². The molecule has 0 aliphatic carbocycles. The minimum Gasteiger partial charge on any atom is -0.380 e. The Bertz CT molecular complexity index is 1100. The van der Waals surface area contributed by atoms with Crippen LogP contribution in [0.4, 0.5) is 0 Å². The van der Waals surface area contributed by atoms with Crippen molar-refractivity contribution in [2.75, 3.05) is 19.0 Å². The maximum atomic E-state index is 5.51. The zero-order valence-corrected chi connectivity index (χ0v) is 17.0. The van der Waals surface area contributed by atoms with Crippen molar-refractivity contribution < 1.29 is 4.74 Å². The third kappa shape index (κ3) is 2.98. The Morgan fingerprint density at radius 1 is 0.889 bits per heavy atom. The van der Waals surface area contributed by atoms with Crippen LogP contribution in [0, 0.1) is 5.41 Å². The van der Waals surface area contributed by atoms with Crippen LogP contribution in [0.15, 0.2) is 71.6 Å². The molecule has 1 aliphatic rings. The van der Waals surface area contributed by atoms with Crippen molar-refractivity contribution in [3.05, 3.63) is 66.7 Å². The molecule has 0 bridgehead atoms. The number of hydrogen-bond acceptors (Lipinski definition) is 3. The van der Waals surface area contributed by atoms with E-state index in [2.05, 4.69) is 73.7 Å². The molecule has 0 amide bonds. The van der Waals surface area contributed by atoms with Gasteiger partial charge in [0.1, 0.15) is 0 Å². The topological polar surface area (TPSA) is 9.23 Å². The third-order valence-electron chi connectivity index (χ3n) is 5.68. The monoisotopic (exact) mass is 390 g/mol. The van der Waals surface area contributed by atoms with Crippen molar-refractivity contribution in [1.82, 2.24) is 0 Å². The smallest absolute Gasteiger partial charge is 0.0552 e. The molecule has 0 spiro atoms. The second-order valence-electron chi connectivity index (χ2n) is 7.41. The molecule has 2 heterocycles. The molecule has 3 aromatic carbocycles. The number of fused-ring (bicyclic) bond motifs is 3. The van der Waals surface area contributed by atoms with Crippen LogP contribution in [-0.2, 0) is 4.74 Å². The first kappa shape index (κ1) is 17.3. The zero-order chi connectivity index (χ0) is 18.3. The number of thiophene rings is 1. The van der Waals surface area contributed by atoms with Gasteiger partial charge in [-0.05, 0) is 24.1 Å². The predicted molar refractivity (Wildman–Crippen MR) is 119 cm³/mol. The van der Waals surface area contributed by atoms with Gasteiger partial charge in [0.15, 0.2) is 0 Å². The summed E-state index contributed by atoms with van der Waals surface area (Å²) < 4.78 is 8.27. The van der Waals surface area contributed by atoms with Gasteiger partial charge in [0.2, 0.25) is 0 Å². The van der Waals surface area contributed by atoms with E-state index in [1.54, 1.807) is 0 Å². The second kappa shape index (κ2) is 6.97. The molecule has 1 saturated heterocycles. The van der Waals surface area contributed by atoms with Crippen LogP contribution in [0.5, 0.6) is 0 Å². The molecule has 1 nitrogen and oxygen atoms in total. The van der Waals surface area contributed by atoms with Crippen LogP contribution >= 0.6 is 23.1 Å². The van der Waals surface area contributed by atoms with Gasteiger partial charge in [-0.1, -0.05) is 61.5 Å². The summed E-state index contributed by atoms with van der Waals surface area (Å²) in [7, 11) is 0. The van der Waals surface area contributed by atoms with Gasteiger partial charge in [0.25, 0.3) is 0 Å². The molecular formula is C24H22OS2. The average Bonchev–Trinajstić information content (AvgIpc) is 3.07. The van der Waals surface area contributed by atoms with Gasteiger partial charge >= 0.3 is 0 Å². The highest BCUT2D eigenvalue weighted by molar-refractivity contribution is 7.99. The Balaban J connectivity index is 1.59. The number of ether oxygens (including phenoxy) is 1. The largest absolute Gasteiger partial charge is 0.380 e. The van der Waals surface area contributed by atoms with Gasteiger partial charge in [-0.2, -0.15) is 0 Å². The second-order valence-corrected chi connectivity index (χ2v) is 9.48. The first-order valence-electron chi connectivity index (χ1n) is 9.50. The van der Waals surface area contributed by atoms with E-state index in [1.165, 1.54) is 42.6 Å². The lowest BCUT2D eigenvalue weighted by Crippen LogP contribution is -2.44. The highest BCUT2D eigenvalue weighted by Crippen LogP contribution is 2.44. The van der Waals surface area contributed by atoms with Crippen LogP contribution in [0.2, 0.25) is 0 Å². The number of thioether (sulfide) groups is 1. The van der Waals surface area contributed by atoms with Crippen molar-refractivity contribution in [2.45, 2.75) is 18.2 Å². The van der Waals surface area contributed by atoms with E-state index in [4.69, 9.17) is 4.74 Å². The quantitative estimate of drug-likeness (QED) is 0.332. The standard InChI is InChI=1S/C24H22OS2/c1-2-24(14-25-15-24)16-26-21-12-5-3-8-17(21)19-10-7-11-20-18-9-4-6-13-22(18)27-23(19)20/h3-13H,2,14-16H2,1H3. The SMILES string of the molecule is CCC1(CSc2ccccc2-c2cccc3c2sc2ccccc23)COC1. The Kier molecular flexibility index (Phi) is 4.47. The molecule has 0 radical (unpaired) electrons. The summed E-state index contributed by atoms with van der Waals surface area (Å²) in [6.45, 7) is 4.10. The van der Waals surface area contributed by atoms with Crippen molar-refractivity contribution in [1.29, 1.82) is 0 Å². The molecule has 1 aliphatic heterocycles. The molecule has 0 N–H and O–H groups in total. The molecule has 0 saturated carbocycles. The van der Waals surface area contributed by atoms with Crippen molar-refractivity contribution >= 4 is 43.3 Å². The van der Waals surface area contributed by atoms with Gasteiger partial charge in [0.05, 0.1) is 13.2 Å². The van der Waals surface area contributed by atoms with Crippen molar-refractivity contribution in [3.63, 3.8) is 0 Å². The lowest BCUT2D eigenvalue weighted by atomic mass is 9.86.